The maximum atomic E-state index is 11.2. The second-order valence-electron chi connectivity index (χ2n) is 2.96. The number of carbonyl (C=O) groups is 1. The lowest BCUT2D eigenvalue weighted by Crippen LogP contribution is -2.33. The van der Waals surface area contributed by atoms with Gasteiger partial charge in [-0.1, -0.05) is 6.08 Å². The molecule has 2 nitrogen and oxygen atoms in total. The monoisotopic (exact) mass is 154 g/mol. The van der Waals surface area contributed by atoms with Gasteiger partial charge in [0, 0.05) is 6.42 Å². The van der Waals surface area contributed by atoms with Gasteiger partial charge in [-0.05, 0) is 19.8 Å². The van der Waals surface area contributed by atoms with Crippen molar-refractivity contribution in [2.24, 2.45) is 0 Å². The van der Waals surface area contributed by atoms with Crippen molar-refractivity contribution in [3.05, 3.63) is 12.7 Å². The Morgan fingerprint density at radius 2 is 2.55 bits per heavy atom. The van der Waals surface area contributed by atoms with Gasteiger partial charge in [-0.25, -0.2) is 0 Å². The molecule has 1 aliphatic heterocycles. The Kier molecular flexibility index (Phi) is 2.83. The predicted molar refractivity (Wildman–Crippen MR) is 43.4 cm³/mol. The number of carbonyl (C=O) groups excluding carboxylic acids is 1. The molecular weight excluding hydrogens is 140 g/mol. The van der Waals surface area contributed by atoms with E-state index in [2.05, 4.69) is 6.58 Å². The third-order valence-corrected chi connectivity index (χ3v) is 1.93. The Bertz CT molecular complexity index is 163. The lowest BCUT2D eigenvalue weighted by atomic mass is 10.0. The molecule has 0 bridgehead atoms. The minimum Gasteiger partial charge on any atom is -0.367 e. The molecule has 0 radical (unpaired) electrons. The molecule has 0 aromatic heterocycles. The Hall–Kier alpha value is -0.630. The zero-order valence-electron chi connectivity index (χ0n) is 6.88. The van der Waals surface area contributed by atoms with Crippen LogP contribution in [0.15, 0.2) is 12.7 Å². The van der Waals surface area contributed by atoms with Crippen LogP contribution in [0, 0.1) is 0 Å². The third-order valence-electron chi connectivity index (χ3n) is 1.93. The minimum absolute atomic E-state index is 0.212. The van der Waals surface area contributed by atoms with Gasteiger partial charge in [0.15, 0.2) is 5.78 Å². The average molecular weight is 154 g/mol. The molecule has 0 unspecified atom stereocenters. The van der Waals surface area contributed by atoms with Crippen molar-refractivity contribution < 1.29 is 9.53 Å². The maximum absolute atomic E-state index is 11.2. The summed E-state index contributed by atoms with van der Waals surface area (Å²) >= 11 is 0. The molecule has 1 heterocycles. The van der Waals surface area contributed by atoms with E-state index in [1.165, 1.54) is 0 Å². The molecule has 1 aliphatic rings. The standard InChI is InChI=1S/C9H14O2/c1-3-4-9-8(10)6-5-7(2)11-9/h3,7,9H,1,4-6H2,2H3/t7-,9+/m1/s1. The van der Waals surface area contributed by atoms with Gasteiger partial charge in [0.05, 0.1) is 6.10 Å². The number of ketones is 1. The van der Waals surface area contributed by atoms with Crippen molar-refractivity contribution in [3.63, 3.8) is 0 Å². The molecule has 62 valence electrons. The largest absolute Gasteiger partial charge is 0.367 e. The molecule has 0 saturated carbocycles. The van der Waals surface area contributed by atoms with Crippen LogP contribution in [0.5, 0.6) is 0 Å². The summed E-state index contributed by atoms with van der Waals surface area (Å²) in [4.78, 5) is 11.2. The first kappa shape index (κ1) is 8.47. The molecule has 1 fully saturated rings. The van der Waals surface area contributed by atoms with E-state index in [1.54, 1.807) is 6.08 Å². The fourth-order valence-corrected chi connectivity index (χ4v) is 1.27. The van der Waals surface area contributed by atoms with Gasteiger partial charge in [-0.2, -0.15) is 0 Å². The van der Waals surface area contributed by atoms with Gasteiger partial charge in [-0.3, -0.25) is 4.79 Å². The molecule has 1 saturated heterocycles. The van der Waals surface area contributed by atoms with Crippen LogP contribution < -0.4 is 0 Å². The molecule has 2 heteroatoms. The quantitative estimate of drug-likeness (QED) is 0.566. The van der Waals surface area contributed by atoms with Crippen LogP contribution in [0.25, 0.3) is 0 Å². The fourth-order valence-electron chi connectivity index (χ4n) is 1.27. The summed E-state index contributed by atoms with van der Waals surface area (Å²) in [5, 5.41) is 0. The van der Waals surface area contributed by atoms with E-state index in [9.17, 15) is 4.79 Å². The molecule has 0 N–H and O–H groups in total. The van der Waals surface area contributed by atoms with Crippen molar-refractivity contribution >= 4 is 5.78 Å². The maximum Gasteiger partial charge on any atom is 0.161 e. The van der Waals surface area contributed by atoms with Crippen LogP contribution in [0.2, 0.25) is 0 Å². The summed E-state index contributed by atoms with van der Waals surface area (Å²) < 4.78 is 5.42. The predicted octanol–water partition coefficient (Wildman–Crippen LogP) is 1.70. The van der Waals surface area contributed by atoms with Gasteiger partial charge in [-0.15, -0.1) is 6.58 Å². The Morgan fingerprint density at radius 1 is 1.82 bits per heavy atom. The van der Waals surface area contributed by atoms with Crippen molar-refractivity contribution in [1.82, 2.24) is 0 Å². The zero-order chi connectivity index (χ0) is 8.27. The van der Waals surface area contributed by atoms with Gasteiger partial charge in [0.2, 0.25) is 0 Å². The SMILES string of the molecule is C=CC[C@@H]1O[C@H](C)CCC1=O. The molecule has 0 aromatic rings. The third kappa shape index (κ3) is 2.15. The fraction of sp³-hybridized carbons (Fsp3) is 0.667. The second kappa shape index (κ2) is 3.67. The summed E-state index contributed by atoms with van der Waals surface area (Å²) in [7, 11) is 0. The topological polar surface area (TPSA) is 26.3 Å². The highest BCUT2D eigenvalue weighted by Crippen LogP contribution is 2.17. The first-order valence-corrected chi connectivity index (χ1v) is 4.03. The molecule has 2 atom stereocenters. The number of Topliss-reactive ketones (excluding diaryl/α,β-unsaturated/α-hetero) is 1. The molecule has 0 aromatic carbocycles. The number of ether oxygens (including phenoxy) is 1. The van der Waals surface area contributed by atoms with E-state index in [0.29, 0.717) is 12.8 Å². The van der Waals surface area contributed by atoms with Crippen LogP contribution in [-0.2, 0) is 9.53 Å². The van der Waals surface area contributed by atoms with E-state index in [4.69, 9.17) is 4.74 Å². The smallest absolute Gasteiger partial charge is 0.161 e. The van der Waals surface area contributed by atoms with Crippen LogP contribution in [0.4, 0.5) is 0 Å². The van der Waals surface area contributed by atoms with Crippen LogP contribution in [-0.4, -0.2) is 18.0 Å². The highest BCUT2D eigenvalue weighted by Gasteiger charge is 2.25. The lowest BCUT2D eigenvalue weighted by Gasteiger charge is -2.25. The van der Waals surface area contributed by atoms with Crippen molar-refractivity contribution in [2.45, 2.75) is 38.4 Å². The summed E-state index contributed by atoms with van der Waals surface area (Å²) in [6, 6.07) is 0. The number of rotatable bonds is 2. The second-order valence-corrected chi connectivity index (χ2v) is 2.96. The highest BCUT2D eigenvalue weighted by atomic mass is 16.5. The molecule has 0 aliphatic carbocycles. The summed E-state index contributed by atoms with van der Waals surface area (Å²) in [5.74, 6) is 0.225. The first-order chi connectivity index (χ1) is 5.24. The van der Waals surface area contributed by atoms with Gasteiger partial charge >= 0.3 is 0 Å². The van der Waals surface area contributed by atoms with Crippen molar-refractivity contribution in [2.75, 3.05) is 0 Å². The van der Waals surface area contributed by atoms with Crippen LogP contribution in [0.3, 0.4) is 0 Å². The molecule has 0 spiro atoms. The number of hydrogen-bond acceptors (Lipinski definition) is 2. The van der Waals surface area contributed by atoms with Gasteiger partial charge in [0.1, 0.15) is 6.10 Å². The summed E-state index contributed by atoms with van der Waals surface area (Å²) in [6.45, 7) is 5.58. The van der Waals surface area contributed by atoms with E-state index in [0.717, 1.165) is 6.42 Å². The summed E-state index contributed by atoms with van der Waals surface area (Å²) in [5.41, 5.74) is 0. The normalized spacial score (nSPS) is 31.9. The van der Waals surface area contributed by atoms with E-state index in [1.807, 2.05) is 6.92 Å². The number of hydrogen-bond donors (Lipinski definition) is 0. The Labute approximate surface area is 67.2 Å². The highest BCUT2D eigenvalue weighted by molar-refractivity contribution is 5.83. The average Bonchev–Trinajstić information content (AvgIpc) is 1.98. The molecular formula is C9H14O2. The van der Waals surface area contributed by atoms with E-state index < -0.39 is 0 Å². The lowest BCUT2D eigenvalue weighted by molar-refractivity contribution is -0.140. The Balaban J connectivity index is 2.46. The van der Waals surface area contributed by atoms with Crippen molar-refractivity contribution in [3.8, 4) is 0 Å². The van der Waals surface area contributed by atoms with Crippen LogP contribution >= 0.6 is 0 Å². The molecule has 1 rings (SSSR count). The first-order valence-electron chi connectivity index (χ1n) is 4.03. The molecule has 11 heavy (non-hydrogen) atoms. The summed E-state index contributed by atoms with van der Waals surface area (Å²) in [6.07, 6.45) is 3.95. The zero-order valence-corrected chi connectivity index (χ0v) is 6.88. The Morgan fingerprint density at radius 3 is 3.18 bits per heavy atom. The van der Waals surface area contributed by atoms with Gasteiger partial charge < -0.3 is 4.74 Å². The van der Waals surface area contributed by atoms with Crippen LogP contribution in [0.1, 0.15) is 26.2 Å². The van der Waals surface area contributed by atoms with Crippen molar-refractivity contribution in [1.29, 1.82) is 0 Å². The van der Waals surface area contributed by atoms with E-state index >= 15 is 0 Å². The minimum atomic E-state index is -0.212. The molecule has 0 amide bonds. The van der Waals surface area contributed by atoms with E-state index in [-0.39, 0.29) is 18.0 Å². The van der Waals surface area contributed by atoms with Gasteiger partial charge in [0.25, 0.3) is 0 Å².